The van der Waals surface area contributed by atoms with Gasteiger partial charge in [-0.25, -0.2) is 4.79 Å². The van der Waals surface area contributed by atoms with Crippen molar-refractivity contribution in [2.24, 2.45) is 0 Å². The number of alkyl halides is 3. The summed E-state index contributed by atoms with van der Waals surface area (Å²) in [7, 11) is 0. The van der Waals surface area contributed by atoms with Crippen LogP contribution in [0.2, 0.25) is 0 Å². The highest BCUT2D eigenvalue weighted by Gasteiger charge is 2.30. The number of H-pyrrole nitrogens is 1. The molecule has 3 rings (SSSR count). The molecule has 0 saturated heterocycles. The molecule has 0 saturated carbocycles. The number of carbonyl (C=O) groups excluding carboxylic acids is 1. The Labute approximate surface area is 141 Å². The third-order valence-corrected chi connectivity index (χ3v) is 3.82. The summed E-state index contributed by atoms with van der Waals surface area (Å²) >= 11 is 0. The second-order valence-corrected chi connectivity index (χ2v) is 5.58. The van der Waals surface area contributed by atoms with Crippen LogP contribution in [-0.4, -0.2) is 16.2 Å². The molecule has 1 aromatic heterocycles. The standard InChI is InChI=1S/C17H15F3N4O/c1-10(11-5-7-12(8-6-11)17(18,19)20)22-16(25)23-14-3-2-4-15-13(14)9-21-24-15/h2-10H,1H3,(H,21,24)(H2,22,23,25). The maximum atomic E-state index is 12.6. The second-order valence-electron chi connectivity index (χ2n) is 5.58. The van der Waals surface area contributed by atoms with Crippen molar-refractivity contribution in [3.8, 4) is 0 Å². The molecule has 2 aromatic carbocycles. The molecule has 3 aromatic rings. The number of amides is 2. The fraction of sp³-hybridized carbons (Fsp3) is 0.176. The summed E-state index contributed by atoms with van der Waals surface area (Å²) in [6.07, 6.45) is -2.78. The Kier molecular flexibility index (Phi) is 4.35. The molecule has 1 heterocycles. The highest BCUT2D eigenvalue weighted by atomic mass is 19.4. The number of hydrogen-bond donors (Lipinski definition) is 3. The average molecular weight is 348 g/mol. The Bertz CT molecular complexity index is 887. The molecule has 2 amide bonds. The fourth-order valence-electron chi connectivity index (χ4n) is 2.48. The van der Waals surface area contributed by atoms with Crippen molar-refractivity contribution in [3.05, 3.63) is 59.8 Å². The zero-order valence-corrected chi connectivity index (χ0v) is 13.2. The number of nitrogens with one attached hydrogen (secondary N) is 3. The van der Waals surface area contributed by atoms with E-state index >= 15 is 0 Å². The van der Waals surface area contributed by atoms with Crippen LogP contribution in [0.4, 0.5) is 23.7 Å². The van der Waals surface area contributed by atoms with Gasteiger partial charge in [-0.15, -0.1) is 0 Å². The number of urea groups is 1. The molecule has 0 aliphatic rings. The normalized spacial score (nSPS) is 12.8. The van der Waals surface area contributed by atoms with Gasteiger partial charge < -0.3 is 10.6 Å². The largest absolute Gasteiger partial charge is 0.416 e. The van der Waals surface area contributed by atoms with Crippen LogP contribution in [-0.2, 0) is 6.18 Å². The van der Waals surface area contributed by atoms with Crippen LogP contribution in [0.3, 0.4) is 0 Å². The lowest BCUT2D eigenvalue weighted by Crippen LogP contribution is -2.31. The fourth-order valence-corrected chi connectivity index (χ4v) is 2.48. The van der Waals surface area contributed by atoms with Gasteiger partial charge in [0.15, 0.2) is 0 Å². The summed E-state index contributed by atoms with van der Waals surface area (Å²) in [5.41, 5.74) is 1.22. The predicted molar refractivity (Wildman–Crippen MR) is 88.1 cm³/mol. The smallest absolute Gasteiger partial charge is 0.331 e. The van der Waals surface area contributed by atoms with E-state index < -0.39 is 23.8 Å². The van der Waals surface area contributed by atoms with E-state index in [0.29, 0.717) is 11.3 Å². The molecule has 0 bridgehead atoms. The molecular formula is C17H15F3N4O. The summed E-state index contributed by atoms with van der Waals surface area (Å²) in [4.78, 5) is 12.2. The Morgan fingerprint density at radius 1 is 1.16 bits per heavy atom. The Morgan fingerprint density at radius 2 is 1.88 bits per heavy atom. The highest BCUT2D eigenvalue weighted by molar-refractivity contribution is 6.00. The minimum Gasteiger partial charge on any atom is -0.331 e. The maximum absolute atomic E-state index is 12.6. The zero-order chi connectivity index (χ0) is 18.0. The molecule has 0 aliphatic heterocycles. The van der Waals surface area contributed by atoms with E-state index in [1.54, 1.807) is 25.3 Å². The van der Waals surface area contributed by atoms with E-state index in [2.05, 4.69) is 20.8 Å². The van der Waals surface area contributed by atoms with Gasteiger partial charge in [0, 0.05) is 5.39 Å². The topological polar surface area (TPSA) is 69.8 Å². The van der Waals surface area contributed by atoms with Crippen LogP contribution in [0.5, 0.6) is 0 Å². The van der Waals surface area contributed by atoms with Gasteiger partial charge >= 0.3 is 12.2 Å². The first kappa shape index (κ1) is 16.8. The van der Waals surface area contributed by atoms with Crippen LogP contribution in [0.15, 0.2) is 48.7 Å². The highest BCUT2D eigenvalue weighted by Crippen LogP contribution is 2.30. The molecule has 0 fully saturated rings. The third-order valence-electron chi connectivity index (χ3n) is 3.82. The number of hydrogen-bond acceptors (Lipinski definition) is 2. The number of halogens is 3. The average Bonchev–Trinajstić information content (AvgIpc) is 3.04. The second kappa shape index (κ2) is 6.46. The minimum atomic E-state index is -4.38. The molecule has 1 atom stereocenters. The molecular weight excluding hydrogens is 333 g/mol. The number of aromatic nitrogens is 2. The van der Waals surface area contributed by atoms with Crippen molar-refractivity contribution >= 4 is 22.6 Å². The van der Waals surface area contributed by atoms with E-state index in [1.165, 1.54) is 12.1 Å². The molecule has 0 spiro atoms. The van der Waals surface area contributed by atoms with Crippen LogP contribution < -0.4 is 10.6 Å². The van der Waals surface area contributed by atoms with Gasteiger partial charge in [-0.3, -0.25) is 5.10 Å². The van der Waals surface area contributed by atoms with Crippen molar-refractivity contribution in [1.82, 2.24) is 15.5 Å². The Hall–Kier alpha value is -3.03. The number of anilines is 1. The lowest BCUT2D eigenvalue weighted by atomic mass is 10.1. The number of rotatable bonds is 3. The number of fused-ring (bicyclic) bond motifs is 1. The van der Waals surface area contributed by atoms with Crippen molar-refractivity contribution in [1.29, 1.82) is 0 Å². The van der Waals surface area contributed by atoms with Crippen LogP contribution in [0.1, 0.15) is 24.1 Å². The van der Waals surface area contributed by atoms with Crippen molar-refractivity contribution < 1.29 is 18.0 Å². The summed E-state index contributed by atoms with van der Waals surface area (Å²) in [5, 5.41) is 12.9. The molecule has 130 valence electrons. The molecule has 25 heavy (non-hydrogen) atoms. The summed E-state index contributed by atoms with van der Waals surface area (Å²) in [5.74, 6) is 0. The Morgan fingerprint density at radius 3 is 2.56 bits per heavy atom. The van der Waals surface area contributed by atoms with Crippen LogP contribution in [0.25, 0.3) is 10.9 Å². The van der Waals surface area contributed by atoms with Gasteiger partial charge in [0.25, 0.3) is 0 Å². The number of carbonyl (C=O) groups is 1. The summed E-state index contributed by atoms with van der Waals surface area (Å²) < 4.78 is 37.8. The minimum absolute atomic E-state index is 0.453. The molecule has 0 radical (unpaired) electrons. The monoisotopic (exact) mass is 348 g/mol. The first-order valence-corrected chi connectivity index (χ1v) is 7.51. The van der Waals surface area contributed by atoms with E-state index in [9.17, 15) is 18.0 Å². The van der Waals surface area contributed by atoms with Crippen molar-refractivity contribution in [2.75, 3.05) is 5.32 Å². The maximum Gasteiger partial charge on any atom is 0.416 e. The molecule has 1 unspecified atom stereocenters. The van der Waals surface area contributed by atoms with Crippen LogP contribution in [0, 0.1) is 0 Å². The lowest BCUT2D eigenvalue weighted by molar-refractivity contribution is -0.137. The van der Waals surface area contributed by atoms with Crippen molar-refractivity contribution in [3.63, 3.8) is 0 Å². The van der Waals surface area contributed by atoms with Gasteiger partial charge in [0.05, 0.1) is 29.0 Å². The molecule has 8 heteroatoms. The lowest BCUT2D eigenvalue weighted by Gasteiger charge is -2.16. The first-order chi connectivity index (χ1) is 11.8. The van der Waals surface area contributed by atoms with Gasteiger partial charge in [-0.2, -0.15) is 18.3 Å². The van der Waals surface area contributed by atoms with E-state index in [1.807, 2.05) is 6.07 Å². The van der Waals surface area contributed by atoms with Crippen LogP contribution >= 0.6 is 0 Å². The quantitative estimate of drug-likeness (QED) is 0.654. The molecule has 5 nitrogen and oxygen atoms in total. The summed E-state index contributed by atoms with van der Waals surface area (Å²) in [6.45, 7) is 1.70. The van der Waals surface area contributed by atoms with E-state index in [-0.39, 0.29) is 0 Å². The zero-order valence-electron chi connectivity index (χ0n) is 13.2. The first-order valence-electron chi connectivity index (χ1n) is 7.51. The predicted octanol–water partition coefficient (Wildman–Crippen LogP) is 4.46. The van der Waals surface area contributed by atoms with Gasteiger partial charge in [-0.05, 0) is 36.8 Å². The Balaban J connectivity index is 1.67. The van der Waals surface area contributed by atoms with Crippen molar-refractivity contribution in [2.45, 2.75) is 19.1 Å². The number of aromatic amines is 1. The molecule has 0 aliphatic carbocycles. The van der Waals surface area contributed by atoms with E-state index in [4.69, 9.17) is 0 Å². The molecule has 3 N–H and O–H groups in total. The third kappa shape index (κ3) is 3.73. The van der Waals surface area contributed by atoms with E-state index in [0.717, 1.165) is 23.0 Å². The number of benzene rings is 2. The van der Waals surface area contributed by atoms with Gasteiger partial charge in [0.2, 0.25) is 0 Å². The number of nitrogens with zero attached hydrogens (tertiary/aromatic N) is 1. The van der Waals surface area contributed by atoms with Gasteiger partial charge in [-0.1, -0.05) is 18.2 Å². The SMILES string of the molecule is CC(NC(=O)Nc1cccc2[nH]ncc12)c1ccc(C(F)(F)F)cc1. The van der Waals surface area contributed by atoms with Gasteiger partial charge in [0.1, 0.15) is 0 Å². The summed E-state index contributed by atoms with van der Waals surface area (Å²) in [6, 6.07) is 9.13.